The lowest BCUT2D eigenvalue weighted by atomic mass is 10.2. The molecule has 0 aliphatic heterocycles. The van der Waals surface area contributed by atoms with Crippen LogP contribution in [0.2, 0.25) is 0 Å². The smallest absolute Gasteiger partial charge is 0.102 e. The van der Waals surface area contributed by atoms with E-state index >= 15 is 0 Å². The predicted molar refractivity (Wildman–Crippen MR) is 34.0 cm³/mol. The van der Waals surface area contributed by atoms with Gasteiger partial charge in [0.05, 0.1) is 0 Å². The summed E-state index contributed by atoms with van der Waals surface area (Å²) in [5, 5.41) is 0.694. The summed E-state index contributed by atoms with van der Waals surface area (Å²) >= 11 is 5.55. The molecule has 0 aliphatic rings. The first-order chi connectivity index (χ1) is 3.18. The Kier molecular flexibility index (Phi) is 3.01. The van der Waals surface area contributed by atoms with Crippen molar-refractivity contribution in [1.82, 2.24) is 0 Å². The molecule has 0 rings (SSSR count). The molecule has 0 N–H and O–H groups in total. The molecule has 0 aliphatic carbocycles. The van der Waals surface area contributed by atoms with Crippen molar-refractivity contribution in [2.24, 2.45) is 10.9 Å². The molecule has 0 saturated carbocycles. The van der Waals surface area contributed by atoms with Crippen LogP contribution in [0.3, 0.4) is 0 Å². The van der Waals surface area contributed by atoms with Crippen molar-refractivity contribution < 1.29 is 0 Å². The normalized spacial score (nSPS) is 13.0. The van der Waals surface area contributed by atoms with E-state index in [9.17, 15) is 0 Å². The Morgan fingerprint density at radius 1 is 1.57 bits per heavy atom. The number of aliphatic imine (C=N–C) groups is 1. The highest BCUT2D eigenvalue weighted by atomic mass is 35.5. The van der Waals surface area contributed by atoms with E-state index in [0.717, 1.165) is 0 Å². The third-order valence-corrected chi connectivity index (χ3v) is 1.30. The molecule has 42 valence electrons. The second kappa shape index (κ2) is 3.03. The van der Waals surface area contributed by atoms with Gasteiger partial charge in [0.2, 0.25) is 0 Å². The van der Waals surface area contributed by atoms with Gasteiger partial charge in [-0.2, -0.15) is 0 Å². The van der Waals surface area contributed by atoms with Crippen LogP contribution in [0, 0.1) is 5.92 Å². The Labute approximate surface area is 49.4 Å². The second-order valence-electron chi connectivity index (χ2n) is 1.70. The van der Waals surface area contributed by atoms with Crippen LogP contribution in [0.15, 0.2) is 4.99 Å². The van der Waals surface area contributed by atoms with Gasteiger partial charge in [-0.15, -0.1) is 0 Å². The maximum Gasteiger partial charge on any atom is 0.102 e. The van der Waals surface area contributed by atoms with Gasteiger partial charge in [0, 0.05) is 13.0 Å². The fourth-order valence-electron chi connectivity index (χ4n) is 0.258. The fraction of sp³-hybridized carbons (Fsp3) is 0.800. The molecular formula is C5H10ClN. The van der Waals surface area contributed by atoms with E-state index in [-0.39, 0.29) is 0 Å². The summed E-state index contributed by atoms with van der Waals surface area (Å²) < 4.78 is 0. The van der Waals surface area contributed by atoms with Gasteiger partial charge >= 0.3 is 0 Å². The predicted octanol–water partition coefficient (Wildman–Crippen LogP) is 1.91. The summed E-state index contributed by atoms with van der Waals surface area (Å²) in [6.45, 7) is 4.02. The van der Waals surface area contributed by atoms with Gasteiger partial charge in [0.15, 0.2) is 0 Å². The van der Waals surface area contributed by atoms with Crippen molar-refractivity contribution in [1.29, 1.82) is 0 Å². The van der Waals surface area contributed by atoms with Gasteiger partial charge in [-0.25, -0.2) is 0 Å². The molecule has 0 unspecified atom stereocenters. The van der Waals surface area contributed by atoms with Crippen LogP contribution in [0.5, 0.6) is 0 Å². The van der Waals surface area contributed by atoms with Crippen LogP contribution in [-0.2, 0) is 0 Å². The van der Waals surface area contributed by atoms with Gasteiger partial charge in [0.1, 0.15) is 5.17 Å². The van der Waals surface area contributed by atoms with Gasteiger partial charge in [-0.05, 0) is 0 Å². The molecule has 7 heavy (non-hydrogen) atoms. The molecule has 0 heterocycles. The van der Waals surface area contributed by atoms with Gasteiger partial charge in [-0.1, -0.05) is 25.4 Å². The molecule has 0 bridgehead atoms. The number of halogens is 1. The molecule has 0 radical (unpaired) electrons. The highest BCUT2D eigenvalue weighted by molar-refractivity contribution is 6.65. The summed E-state index contributed by atoms with van der Waals surface area (Å²) in [5.74, 6) is 0.381. The number of rotatable bonds is 1. The summed E-state index contributed by atoms with van der Waals surface area (Å²) in [6.07, 6.45) is 0. The second-order valence-corrected chi connectivity index (χ2v) is 2.09. The topological polar surface area (TPSA) is 12.4 Å². The molecule has 0 spiro atoms. The molecule has 0 amide bonds. The van der Waals surface area contributed by atoms with Gasteiger partial charge in [0.25, 0.3) is 0 Å². The third-order valence-electron chi connectivity index (χ3n) is 0.690. The minimum absolute atomic E-state index is 0.381. The molecule has 0 saturated heterocycles. The standard InChI is InChI=1S/C5H10ClN/c1-4(2)5(6)7-3/h4H,1-3H3/b7-5-. The zero-order chi connectivity index (χ0) is 5.86. The largest absolute Gasteiger partial charge is 0.281 e. The Morgan fingerprint density at radius 3 is 2.00 bits per heavy atom. The van der Waals surface area contributed by atoms with Crippen LogP contribution < -0.4 is 0 Å². The summed E-state index contributed by atoms with van der Waals surface area (Å²) in [5.41, 5.74) is 0. The van der Waals surface area contributed by atoms with E-state index in [1.54, 1.807) is 7.05 Å². The quantitative estimate of drug-likeness (QED) is 0.468. The maximum atomic E-state index is 5.55. The van der Waals surface area contributed by atoms with Gasteiger partial charge < -0.3 is 0 Å². The van der Waals surface area contributed by atoms with Crippen molar-refractivity contribution in [3.8, 4) is 0 Å². The van der Waals surface area contributed by atoms with Crippen molar-refractivity contribution in [3.05, 3.63) is 0 Å². The zero-order valence-electron chi connectivity index (χ0n) is 4.90. The average molecular weight is 120 g/mol. The molecule has 0 aromatic heterocycles. The van der Waals surface area contributed by atoms with Crippen LogP contribution in [0.4, 0.5) is 0 Å². The third kappa shape index (κ3) is 2.63. The molecule has 0 aromatic rings. The minimum Gasteiger partial charge on any atom is -0.281 e. The molecule has 0 aromatic carbocycles. The lowest BCUT2D eigenvalue weighted by Gasteiger charge is -1.95. The monoisotopic (exact) mass is 119 g/mol. The minimum atomic E-state index is 0.381. The Balaban J connectivity index is 3.56. The first-order valence-electron chi connectivity index (χ1n) is 2.30. The van der Waals surface area contributed by atoms with Gasteiger partial charge in [-0.3, -0.25) is 4.99 Å². The maximum absolute atomic E-state index is 5.55. The Morgan fingerprint density at radius 2 is 2.00 bits per heavy atom. The van der Waals surface area contributed by atoms with E-state index in [0.29, 0.717) is 11.1 Å². The van der Waals surface area contributed by atoms with Crippen LogP contribution in [-0.4, -0.2) is 12.2 Å². The molecule has 0 atom stereocenters. The zero-order valence-corrected chi connectivity index (χ0v) is 5.66. The summed E-state index contributed by atoms with van der Waals surface area (Å²) in [7, 11) is 1.70. The van der Waals surface area contributed by atoms with E-state index in [4.69, 9.17) is 11.6 Å². The van der Waals surface area contributed by atoms with E-state index in [1.165, 1.54) is 0 Å². The first-order valence-corrected chi connectivity index (χ1v) is 2.68. The Hall–Kier alpha value is -0.0400. The van der Waals surface area contributed by atoms with Crippen molar-refractivity contribution >= 4 is 16.8 Å². The average Bonchev–Trinajstić information content (AvgIpc) is 1.65. The van der Waals surface area contributed by atoms with E-state index < -0.39 is 0 Å². The Bertz CT molecular complexity index is 76.1. The number of hydrogen-bond donors (Lipinski definition) is 0. The molecule has 0 fully saturated rings. The summed E-state index contributed by atoms with van der Waals surface area (Å²) in [6, 6.07) is 0. The van der Waals surface area contributed by atoms with E-state index in [2.05, 4.69) is 4.99 Å². The van der Waals surface area contributed by atoms with Crippen LogP contribution in [0.1, 0.15) is 13.8 Å². The lowest BCUT2D eigenvalue weighted by molar-refractivity contribution is 0.896. The van der Waals surface area contributed by atoms with Crippen molar-refractivity contribution in [2.45, 2.75) is 13.8 Å². The summed E-state index contributed by atoms with van der Waals surface area (Å²) in [4.78, 5) is 3.77. The van der Waals surface area contributed by atoms with Crippen molar-refractivity contribution in [3.63, 3.8) is 0 Å². The SMILES string of the molecule is C/N=C(\Cl)C(C)C. The molecule has 1 nitrogen and oxygen atoms in total. The van der Waals surface area contributed by atoms with Crippen LogP contribution >= 0.6 is 11.6 Å². The highest BCUT2D eigenvalue weighted by Gasteiger charge is 1.95. The molecule has 2 heteroatoms. The first kappa shape index (κ1) is 6.96. The van der Waals surface area contributed by atoms with Crippen molar-refractivity contribution in [2.75, 3.05) is 7.05 Å². The van der Waals surface area contributed by atoms with Crippen LogP contribution in [0.25, 0.3) is 0 Å². The molecular weight excluding hydrogens is 110 g/mol. The highest BCUT2D eigenvalue weighted by Crippen LogP contribution is 1.99. The number of hydrogen-bond acceptors (Lipinski definition) is 1. The number of nitrogens with zero attached hydrogens (tertiary/aromatic N) is 1. The van der Waals surface area contributed by atoms with E-state index in [1.807, 2.05) is 13.8 Å². The fourth-order valence-corrected chi connectivity index (χ4v) is 0.258. The lowest BCUT2D eigenvalue weighted by Crippen LogP contribution is -1.96.